The fourth-order valence-corrected chi connectivity index (χ4v) is 2.97. The van der Waals surface area contributed by atoms with Gasteiger partial charge >= 0.3 is 0 Å². The molecule has 6 nitrogen and oxygen atoms in total. The number of aromatic amines is 1. The van der Waals surface area contributed by atoms with Crippen molar-refractivity contribution in [3.8, 4) is 11.5 Å². The Hall–Kier alpha value is -3.02. The Bertz CT molecular complexity index is 1000. The number of nitrogens with zero attached hydrogens (tertiary/aromatic N) is 1. The molecule has 0 saturated carbocycles. The predicted octanol–water partition coefficient (Wildman–Crippen LogP) is 4.33. The molecule has 1 aromatic carbocycles. The monoisotopic (exact) mass is 367 g/mol. The largest absolute Gasteiger partial charge is 0.493 e. The molecule has 0 aliphatic carbocycles. The lowest BCUT2D eigenvalue weighted by Gasteiger charge is -2.17. The van der Waals surface area contributed by atoms with Gasteiger partial charge < -0.3 is 19.8 Å². The molecule has 0 aliphatic heterocycles. The number of hydrogen-bond acceptors (Lipinski definition) is 5. The summed E-state index contributed by atoms with van der Waals surface area (Å²) < 4.78 is 11.4. The number of pyridine rings is 2. The molecule has 2 heterocycles. The van der Waals surface area contributed by atoms with Crippen LogP contribution in [0.4, 0.5) is 11.4 Å². The minimum absolute atomic E-state index is 0.211. The molecule has 27 heavy (non-hydrogen) atoms. The zero-order valence-electron chi connectivity index (χ0n) is 16.3. The predicted molar refractivity (Wildman–Crippen MR) is 108 cm³/mol. The van der Waals surface area contributed by atoms with E-state index in [4.69, 9.17) is 9.47 Å². The van der Waals surface area contributed by atoms with Gasteiger partial charge in [-0.15, -0.1) is 0 Å². The van der Waals surface area contributed by atoms with Crippen LogP contribution in [0, 0.1) is 19.8 Å². The Kier molecular flexibility index (Phi) is 5.35. The highest BCUT2D eigenvalue weighted by molar-refractivity contribution is 5.97. The van der Waals surface area contributed by atoms with Gasteiger partial charge in [-0.05, 0) is 43.0 Å². The standard InChI is InChI=1S/C21H25N3O3/c1-12(2)11-27-21-17(26-5)7-6-15-16(8-18(25)24-20(15)21)23-19-13(3)9-22-10-14(19)4/h6-10,12H,11H2,1-5H3,(H2,22,23,24,25). The summed E-state index contributed by atoms with van der Waals surface area (Å²) in [5.41, 5.74) is 4.08. The smallest absolute Gasteiger partial charge is 0.250 e. The molecule has 0 radical (unpaired) electrons. The third kappa shape index (κ3) is 3.89. The second-order valence-electron chi connectivity index (χ2n) is 7.04. The maximum absolute atomic E-state index is 12.4. The van der Waals surface area contributed by atoms with E-state index >= 15 is 0 Å². The van der Waals surface area contributed by atoms with Crippen LogP contribution in [-0.2, 0) is 0 Å². The number of fused-ring (bicyclic) bond motifs is 1. The molecule has 0 bridgehead atoms. The summed E-state index contributed by atoms with van der Waals surface area (Å²) in [5, 5.41) is 4.25. The maximum Gasteiger partial charge on any atom is 0.250 e. The van der Waals surface area contributed by atoms with E-state index in [1.807, 2.05) is 26.0 Å². The molecule has 0 spiro atoms. The molecule has 3 rings (SSSR count). The highest BCUT2D eigenvalue weighted by Crippen LogP contribution is 2.37. The van der Waals surface area contributed by atoms with Crippen LogP contribution in [0.2, 0.25) is 0 Å². The van der Waals surface area contributed by atoms with Crippen LogP contribution in [0.3, 0.4) is 0 Å². The van der Waals surface area contributed by atoms with Crippen molar-refractivity contribution < 1.29 is 9.47 Å². The first-order valence-corrected chi connectivity index (χ1v) is 8.95. The molecule has 142 valence electrons. The van der Waals surface area contributed by atoms with Gasteiger partial charge in [-0.2, -0.15) is 0 Å². The molecular formula is C21H25N3O3. The van der Waals surface area contributed by atoms with Gasteiger partial charge in [-0.3, -0.25) is 9.78 Å². The zero-order valence-corrected chi connectivity index (χ0v) is 16.3. The fourth-order valence-electron chi connectivity index (χ4n) is 2.97. The third-order valence-electron chi connectivity index (χ3n) is 4.30. The lowest BCUT2D eigenvalue weighted by atomic mass is 10.1. The number of H-pyrrole nitrogens is 1. The number of nitrogens with one attached hydrogen (secondary N) is 2. The molecule has 0 aliphatic rings. The van der Waals surface area contributed by atoms with E-state index in [9.17, 15) is 4.79 Å². The molecule has 6 heteroatoms. The first-order valence-electron chi connectivity index (χ1n) is 8.95. The van der Waals surface area contributed by atoms with Gasteiger partial charge in [0.05, 0.1) is 24.9 Å². The second-order valence-corrected chi connectivity index (χ2v) is 7.04. The van der Waals surface area contributed by atoms with Crippen LogP contribution in [0.25, 0.3) is 10.9 Å². The number of benzene rings is 1. The number of aromatic nitrogens is 2. The highest BCUT2D eigenvalue weighted by Gasteiger charge is 2.15. The number of ether oxygens (including phenoxy) is 2. The van der Waals surface area contributed by atoms with E-state index in [0.29, 0.717) is 35.2 Å². The lowest BCUT2D eigenvalue weighted by molar-refractivity contribution is 0.259. The quantitative estimate of drug-likeness (QED) is 0.678. The van der Waals surface area contributed by atoms with Crippen LogP contribution in [0.1, 0.15) is 25.0 Å². The summed E-state index contributed by atoms with van der Waals surface area (Å²) in [7, 11) is 1.59. The molecule has 0 amide bonds. The number of aryl methyl sites for hydroxylation is 2. The SMILES string of the molecule is COc1ccc2c(Nc3c(C)cncc3C)cc(=O)[nH]c2c1OCC(C)C. The summed E-state index contributed by atoms with van der Waals surface area (Å²) in [6.45, 7) is 8.64. The minimum atomic E-state index is -0.211. The van der Waals surface area contributed by atoms with Crippen LogP contribution < -0.4 is 20.3 Å². The van der Waals surface area contributed by atoms with Crippen molar-refractivity contribution in [2.24, 2.45) is 5.92 Å². The number of anilines is 2. The third-order valence-corrected chi connectivity index (χ3v) is 4.30. The van der Waals surface area contributed by atoms with Crippen LogP contribution >= 0.6 is 0 Å². The average molecular weight is 367 g/mol. The van der Waals surface area contributed by atoms with E-state index < -0.39 is 0 Å². The van der Waals surface area contributed by atoms with Crippen molar-refractivity contribution in [1.29, 1.82) is 0 Å². The lowest BCUT2D eigenvalue weighted by Crippen LogP contribution is -2.11. The summed E-state index contributed by atoms with van der Waals surface area (Å²) in [4.78, 5) is 19.4. The summed E-state index contributed by atoms with van der Waals surface area (Å²) >= 11 is 0. The van der Waals surface area contributed by atoms with E-state index in [2.05, 4.69) is 29.1 Å². The van der Waals surface area contributed by atoms with Crippen molar-refractivity contribution in [1.82, 2.24) is 9.97 Å². The Morgan fingerprint density at radius 3 is 2.52 bits per heavy atom. The van der Waals surface area contributed by atoms with Crippen molar-refractivity contribution in [3.63, 3.8) is 0 Å². The van der Waals surface area contributed by atoms with Gasteiger partial charge in [0.1, 0.15) is 0 Å². The maximum atomic E-state index is 12.4. The van der Waals surface area contributed by atoms with Crippen molar-refractivity contribution in [2.45, 2.75) is 27.7 Å². The highest BCUT2D eigenvalue weighted by atomic mass is 16.5. The average Bonchev–Trinajstić information content (AvgIpc) is 2.62. The van der Waals surface area contributed by atoms with Crippen LogP contribution in [0.5, 0.6) is 11.5 Å². The van der Waals surface area contributed by atoms with Gasteiger partial charge in [0, 0.05) is 29.5 Å². The zero-order chi connectivity index (χ0) is 19.6. The molecule has 0 atom stereocenters. The molecule has 3 aromatic rings. The Morgan fingerprint density at radius 1 is 1.19 bits per heavy atom. The number of hydrogen-bond donors (Lipinski definition) is 2. The molecule has 2 aromatic heterocycles. The van der Waals surface area contributed by atoms with Gasteiger partial charge in [0.2, 0.25) is 0 Å². The van der Waals surface area contributed by atoms with Gasteiger partial charge in [-0.1, -0.05) is 13.8 Å². The minimum Gasteiger partial charge on any atom is -0.493 e. The van der Waals surface area contributed by atoms with E-state index in [1.165, 1.54) is 0 Å². The van der Waals surface area contributed by atoms with Crippen molar-refractivity contribution in [2.75, 3.05) is 19.0 Å². The topological polar surface area (TPSA) is 76.2 Å². The molecule has 2 N–H and O–H groups in total. The van der Waals surface area contributed by atoms with Crippen molar-refractivity contribution in [3.05, 3.63) is 52.1 Å². The fraction of sp³-hybridized carbons (Fsp3) is 0.333. The number of methoxy groups -OCH3 is 1. The first-order chi connectivity index (χ1) is 12.9. The Morgan fingerprint density at radius 2 is 1.89 bits per heavy atom. The Balaban J connectivity index is 2.17. The van der Waals surface area contributed by atoms with Crippen LogP contribution in [-0.4, -0.2) is 23.7 Å². The van der Waals surface area contributed by atoms with E-state index in [-0.39, 0.29) is 5.56 Å². The molecule has 0 fully saturated rings. The molecular weight excluding hydrogens is 342 g/mol. The van der Waals surface area contributed by atoms with Gasteiger partial charge in [0.15, 0.2) is 11.5 Å². The summed E-state index contributed by atoms with van der Waals surface area (Å²) in [6, 6.07) is 5.33. The van der Waals surface area contributed by atoms with Gasteiger partial charge in [0.25, 0.3) is 5.56 Å². The molecule has 0 saturated heterocycles. The van der Waals surface area contributed by atoms with E-state index in [0.717, 1.165) is 22.2 Å². The normalized spacial score (nSPS) is 11.0. The van der Waals surface area contributed by atoms with Crippen molar-refractivity contribution >= 4 is 22.3 Å². The number of rotatable bonds is 6. The Labute approximate surface area is 158 Å². The second kappa shape index (κ2) is 7.70. The molecule has 0 unspecified atom stereocenters. The summed E-state index contributed by atoms with van der Waals surface area (Å²) in [5.74, 6) is 1.49. The first kappa shape index (κ1) is 18.8. The van der Waals surface area contributed by atoms with Crippen LogP contribution in [0.15, 0.2) is 35.4 Å². The van der Waals surface area contributed by atoms with E-state index in [1.54, 1.807) is 25.6 Å². The summed E-state index contributed by atoms with van der Waals surface area (Å²) in [6.07, 6.45) is 3.59. The van der Waals surface area contributed by atoms with Gasteiger partial charge in [-0.25, -0.2) is 0 Å².